The number of carboxylic acids is 1. The van der Waals surface area contributed by atoms with Gasteiger partial charge in [0.15, 0.2) is 0 Å². The molecule has 0 radical (unpaired) electrons. The Hall–Kier alpha value is -1.84. The van der Waals surface area contributed by atoms with Crippen LogP contribution in [0.1, 0.15) is 60.0 Å². The molecule has 22 heavy (non-hydrogen) atoms. The van der Waals surface area contributed by atoms with Gasteiger partial charge in [0, 0.05) is 12.6 Å². The van der Waals surface area contributed by atoms with Crippen molar-refractivity contribution in [1.29, 1.82) is 0 Å². The average molecular weight is 301 g/mol. The fourth-order valence-electron chi connectivity index (χ4n) is 4.02. The first-order valence-corrected chi connectivity index (χ1v) is 8.18. The molecule has 0 heterocycles. The lowest BCUT2D eigenvalue weighted by molar-refractivity contribution is -0.151. The minimum absolute atomic E-state index is 0.136. The highest BCUT2D eigenvalue weighted by molar-refractivity contribution is 5.99. The second-order valence-corrected chi connectivity index (χ2v) is 6.56. The summed E-state index contributed by atoms with van der Waals surface area (Å²) >= 11 is 0. The molecule has 0 unspecified atom stereocenters. The third-order valence-corrected chi connectivity index (χ3v) is 5.40. The minimum atomic E-state index is -1.03. The first kappa shape index (κ1) is 15.1. The van der Waals surface area contributed by atoms with Gasteiger partial charge in [0.25, 0.3) is 5.91 Å². The number of fused-ring (bicyclic) bond motifs is 1. The van der Waals surface area contributed by atoms with Crippen LogP contribution in [0.3, 0.4) is 0 Å². The van der Waals surface area contributed by atoms with Crippen LogP contribution in [0.2, 0.25) is 0 Å². The lowest BCUT2D eigenvalue weighted by atomic mass is 9.80. The van der Waals surface area contributed by atoms with Crippen molar-refractivity contribution < 1.29 is 14.7 Å². The number of rotatable bonds is 3. The van der Waals surface area contributed by atoms with Crippen LogP contribution in [0.4, 0.5) is 0 Å². The molecule has 0 aromatic heterocycles. The number of carbonyl (C=O) groups is 2. The predicted octanol–water partition coefficient (Wildman–Crippen LogP) is 3.03. The Labute approximate surface area is 131 Å². The van der Waals surface area contributed by atoms with Crippen molar-refractivity contribution in [2.75, 3.05) is 7.05 Å². The molecule has 3 rings (SSSR count). The Morgan fingerprint density at radius 3 is 2.50 bits per heavy atom. The van der Waals surface area contributed by atoms with E-state index in [9.17, 15) is 14.7 Å². The molecular weight excluding hydrogens is 278 g/mol. The fourth-order valence-corrected chi connectivity index (χ4v) is 4.02. The van der Waals surface area contributed by atoms with Crippen LogP contribution in [0.15, 0.2) is 18.2 Å². The highest BCUT2D eigenvalue weighted by Gasteiger charge is 2.46. The van der Waals surface area contributed by atoms with E-state index in [4.69, 9.17) is 0 Å². The van der Waals surface area contributed by atoms with Crippen molar-refractivity contribution in [1.82, 2.24) is 4.90 Å². The topological polar surface area (TPSA) is 57.6 Å². The first-order chi connectivity index (χ1) is 10.6. The van der Waals surface area contributed by atoms with E-state index >= 15 is 0 Å². The Morgan fingerprint density at radius 2 is 1.82 bits per heavy atom. The van der Waals surface area contributed by atoms with E-state index in [0.717, 1.165) is 44.1 Å². The molecule has 0 bridgehead atoms. The van der Waals surface area contributed by atoms with E-state index in [1.54, 1.807) is 7.05 Å². The SMILES string of the molecule is CN(C(=O)c1cccc2c1CCC2)C1(C(=O)O)CCCCC1. The second-order valence-electron chi connectivity index (χ2n) is 6.56. The molecule has 0 spiro atoms. The third-order valence-electron chi connectivity index (χ3n) is 5.40. The maximum Gasteiger partial charge on any atom is 0.329 e. The number of likely N-dealkylation sites (N-methyl/N-ethyl adjacent to an activating group) is 1. The van der Waals surface area contributed by atoms with E-state index < -0.39 is 11.5 Å². The standard InChI is InChI=1S/C18H23NO3/c1-19(18(17(21)22)11-3-2-4-12-18)16(20)15-10-6-8-13-7-5-9-14(13)15/h6,8,10H,2-5,7,9,11-12H2,1H3,(H,21,22). The fraction of sp³-hybridized carbons (Fsp3) is 0.556. The third kappa shape index (κ3) is 2.31. The van der Waals surface area contributed by atoms with Crippen LogP contribution in [-0.4, -0.2) is 34.5 Å². The number of carboxylic acid groups (broad SMARTS) is 1. The summed E-state index contributed by atoms with van der Waals surface area (Å²) < 4.78 is 0. The average Bonchev–Trinajstić information content (AvgIpc) is 3.02. The lowest BCUT2D eigenvalue weighted by Crippen LogP contribution is -2.56. The van der Waals surface area contributed by atoms with Gasteiger partial charge in [-0.3, -0.25) is 4.79 Å². The summed E-state index contributed by atoms with van der Waals surface area (Å²) in [7, 11) is 1.66. The highest BCUT2D eigenvalue weighted by atomic mass is 16.4. The maximum atomic E-state index is 13.0. The van der Waals surface area contributed by atoms with E-state index in [1.165, 1.54) is 10.5 Å². The van der Waals surface area contributed by atoms with E-state index in [-0.39, 0.29) is 5.91 Å². The molecule has 0 saturated heterocycles. The number of aryl methyl sites for hydroxylation is 1. The summed E-state index contributed by atoms with van der Waals surface area (Å²) in [5.41, 5.74) is 2.03. The van der Waals surface area contributed by atoms with Crippen molar-refractivity contribution >= 4 is 11.9 Å². The molecule has 4 heteroatoms. The van der Waals surface area contributed by atoms with E-state index in [2.05, 4.69) is 6.07 Å². The number of nitrogens with zero attached hydrogens (tertiary/aromatic N) is 1. The predicted molar refractivity (Wildman–Crippen MR) is 84.0 cm³/mol. The van der Waals surface area contributed by atoms with Gasteiger partial charge in [-0.05, 0) is 49.3 Å². The molecule has 0 aliphatic heterocycles. The van der Waals surface area contributed by atoms with E-state index in [0.29, 0.717) is 18.4 Å². The van der Waals surface area contributed by atoms with Gasteiger partial charge in [-0.15, -0.1) is 0 Å². The zero-order chi connectivity index (χ0) is 15.7. The molecule has 1 N–H and O–H groups in total. The largest absolute Gasteiger partial charge is 0.479 e. The number of carbonyl (C=O) groups excluding carboxylic acids is 1. The molecule has 2 aliphatic rings. The van der Waals surface area contributed by atoms with Crippen LogP contribution in [-0.2, 0) is 17.6 Å². The van der Waals surface area contributed by atoms with Crippen LogP contribution in [0.5, 0.6) is 0 Å². The molecule has 4 nitrogen and oxygen atoms in total. The van der Waals surface area contributed by atoms with Gasteiger partial charge in [0.2, 0.25) is 0 Å². The zero-order valence-corrected chi connectivity index (χ0v) is 13.1. The van der Waals surface area contributed by atoms with Crippen molar-refractivity contribution in [2.45, 2.75) is 56.9 Å². The van der Waals surface area contributed by atoms with Crippen LogP contribution in [0.25, 0.3) is 0 Å². The smallest absolute Gasteiger partial charge is 0.329 e. The molecule has 1 fully saturated rings. The number of benzene rings is 1. The first-order valence-electron chi connectivity index (χ1n) is 8.18. The summed E-state index contributed by atoms with van der Waals surface area (Å²) in [6.45, 7) is 0. The summed E-state index contributed by atoms with van der Waals surface area (Å²) in [5.74, 6) is -1.00. The molecule has 0 atom stereocenters. The van der Waals surface area contributed by atoms with Gasteiger partial charge in [0.1, 0.15) is 5.54 Å². The molecule has 1 aromatic rings. The van der Waals surface area contributed by atoms with Crippen LogP contribution >= 0.6 is 0 Å². The van der Waals surface area contributed by atoms with Gasteiger partial charge in [0.05, 0.1) is 0 Å². The van der Waals surface area contributed by atoms with Crippen molar-refractivity contribution in [3.8, 4) is 0 Å². The summed E-state index contributed by atoms with van der Waals surface area (Å²) in [6.07, 6.45) is 6.92. The molecule has 1 amide bonds. The van der Waals surface area contributed by atoms with Crippen LogP contribution in [0, 0.1) is 0 Å². The second kappa shape index (κ2) is 5.75. The van der Waals surface area contributed by atoms with Gasteiger partial charge < -0.3 is 10.0 Å². The highest BCUT2D eigenvalue weighted by Crippen LogP contribution is 2.35. The molecule has 1 aromatic carbocycles. The van der Waals surface area contributed by atoms with Crippen molar-refractivity contribution in [2.24, 2.45) is 0 Å². The molecular formula is C18H23NO3. The Kier molecular flexibility index (Phi) is 3.94. The minimum Gasteiger partial charge on any atom is -0.479 e. The van der Waals surface area contributed by atoms with Crippen molar-refractivity contribution in [3.63, 3.8) is 0 Å². The molecule has 1 saturated carbocycles. The van der Waals surface area contributed by atoms with Gasteiger partial charge in [-0.25, -0.2) is 4.79 Å². The quantitative estimate of drug-likeness (QED) is 0.933. The number of hydrogen-bond acceptors (Lipinski definition) is 2. The molecule has 118 valence electrons. The lowest BCUT2D eigenvalue weighted by Gasteiger charge is -2.41. The Bertz CT molecular complexity index is 602. The normalized spacial score (nSPS) is 19.5. The number of amides is 1. The van der Waals surface area contributed by atoms with Gasteiger partial charge in [-0.1, -0.05) is 31.4 Å². The van der Waals surface area contributed by atoms with E-state index in [1.807, 2.05) is 12.1 Å². The Morgan fingerprint density at radius 1 is 1.09 bits per heavy atom. The molecule has 2 aliphatic carbocycles. The summed E-state index contributed by atoms with van der Waals surface area (Å²) in [4.78, 5) is 26.4. The maximum absolute atomic E-state index is 13.0. The van der Waals surface area contributed by atoms with Gasteiger partial charge in [-0.2, -0.15) is 0 Å². The monoisotopic (exact) mass is 301 g/mol. The van der Waals surface area contributed by atoms with Crippen molar-refractivity contribution in [3.05, 3.63) is 34.9 Å². The number of hydrogen-bond donors (Lipinski definition) is 1. The van der Waals surface area contributed by atoms with Gasteiger partial charge >= 0.3 is 5.97 Å². The van der Waals surface area contributed by atoms with Crippen LogP contribution < -0.4 is 0 Å². The zero-order valence-electron chi connectivity index (χ0n) is 13.1. The number of aliphatic carboxylic acids is 1. The summed E-state index contributed by atoms with van der Waals surface area (Å²) in [5, 5.41) is 9.75. The summed E-state index contributed by atoms with van der Waals surface area (Å²) in [6, 6.07) is 5.84. The Balaban J connectivity index is 1.94.